The largest absolute Gasteiger partial charge is 0.352 e. The number of hydrogen-bond acceptors (Lipinski definition) is 3. The number of nitrogens with one attached hydrogen (secondary N) is 2. The van der Waals surface area contributed by atoms with Crippen molar-refractivity contribution in [2.24, 2.45) is 0 Å². The summed E-state index contributed by atoms with van der Waals surface area (Å²) in [5.74, 6) is -0.233. The molecule has 0 fully saturated rings. The second-order valence-corrected chi connectivity index (χ2v) is 7.33. The Kier molecular flexibility index (Phi) is 5.89. The predicted molar refractivity (Wildman–Crippen MR) is 105 cm³/mol. The van der Waals surface area contributed by atoms with Gasteiger partial charge in [-0.05, 0) is 68.4 Å². The number of aryl methyl sites for hydroxylation is 4. The topological polar surface area (TPSA) is 79.0 Å². The van der Waals surface area contributed by atoms with Gasteiger partial charge in [-0.25, -0.2) is 0 Å². The fourth-order valence-corrected chi connectivity index (χ4v) is 3.65. The zero-order chi connectivity index (χ0) is 19.4. The van der Waals surface area contributed by atoms with Gasteiger partial charge in [0.25, 0.3) is 5.56 Å². The molecule has 1 aliphatic rings. The molecule has 142 valence electrons. The molecule has 5 nitrogen and oxygen atoms in total. The van der Waals surface area contributed by atoms with E-state index in [4.69, 9.17) is 0 Å². The Morgan fingerprint density at radius 3 is 2.52 bits per heavy atom. The third-order valence-corrected chi connectivity index (χ3v) is 5.21. The summed E-state index contributed by atoms with van der Waals surface area (Å²) < 4.78 is 0. The highest BCUT2D eigenvalue weighted by Crippen LogP contribution is 2.23. The van der Waals surface area contributed by atoms with Crippen molar-refractivity contribution in [2.75, 3.05) is 0 Å². The van der Waals surface area contributed by atoms with Crippen LogP contribution in [0, 0.1) is 13.8 Å². The molecule has 2 aromatic rings. The molecule has 1 aromatic carbocycles. The summed E-state index contributed by atoms with van der Waals surface area (Å²) in [6.07, 6.45) is 4.80. The first kappa shape index (κ1) is 19.1. The van der Waals surface area contributed by atoms with E-state index >= 15 is 0 Å². The lowest BCUT2D eigenvalue weighted by Crippen LogP contribution is -2.28. The minimum absolute atomic E-state index is 0.0112. The Morgan fingerprint density at radius 2 is 1.78 bits per heavy atom. The van der Waals surface area contributed by atoms with E-state index in [0.29, 0.717) is 11.1 Å². The van der Waals surface area contributed by atoms with Crippen LogP contribution >= 0.6 is 0 Å². The number of rotatable bonds is 6. The number of hydrogen-bond donors (Lipinski definition) is 2. The van der Waals surface area contributed by atoms with Gasteiger partial charge in [-0.3, -0.25) is 14.4 Å². The molecule has 0 aliphatic heterocycles. The maximum absolute atomic E-state index is 12.4. The smallest absolute Gasteiger partial charge is 0.253 e. The van der Waals surface area contributed by atoms with Crippen LogP contribution in [0.2, 0.25) is 0 Å². The second-order valence-electron chi connectivity index (χ2n) is 7.33. The Bertz CT molecular complexity index is 928. The molecule has 0 atom stereocenters. The van der Waals surface area contributed by atoms with E-state index in [0.717, 1.165) is 24.1 Å². The molecule has 0 saturated heterocycles. The Morgan fingerprint density at radius 1 is 1.04 bits per heavy atom. The van der Waals surface area contributed by atoms with Crippen molar-refractivity contribution in [2.45, 2.75) is 58.9 Å². The number of aromatic amines is 1. The molecule has 0 saturated carbocycles. The van der Waals surface area contributed by atoms with Crippen molar-refractivity contribution in [1.29, 1.82) is 0 Å². The number of carbonyl (C=O) groups excluding carboxylic acids is 2. The van der Waals surface area contributed by atoms with Crippen molar-refractivity contribution in [3.63, 3.8) is 0 Å². The number of Topliss-reactive ketones (excluding diaryl/α,β-unsaturated/α-hetero) is 1. The number of H-pyrrole nitrogens is 1. The van der Waals surface area contributed by atoms with Crippen molar-refractivity contribution >= 4 is 11.7 Å². The first-order chi connectivity index (χ1) is 12.9. The van der Waals surface area contributed by atoms with Crippen molar-refractivity contribution in [3.8, 4) is 0 Å². The highest BCUT2D eigenvalue weighted by atomic mass is 16.2. The van der Waals surface area contributed by atoms with Crippen LogP contribution in [0.1, 0.15) is 64.0 Å². The first-order valence-electron chi connectivity index (χ1n) is 9.55. The van der Waals surface area contributed by atoms with Crippen LogP contribution in [0.15, 0.2) is 29.1 Å². The fourth-order valence-electron chi connectivity index (χ4n) is 3.65. The quantitative estimate of drug-likeness (QED) is 0.771. The van der Waals surface area contributed by atoms with E-state index in [1.54, 1.807) is 0 Å². The molecule has 5 heteroatoms. The molecule has 27 heavy (non-hydrogen) atoms. The van der Waals surface area contributed by atoms with E-state index in [2.05, 4.69) is 10.3 Å². The summed E-state index contributed by atoms with van der Waals surface area (Å²) in [6.45, 7) is 3.85. The number of benzene rings is 1. The number of carbonyl (C=O) groups is 2. The van der Waals surface area contributed by atoms with Crippen LogP contribution in [0.5, 0.6) is 0 Å². The molecule has 1 aromatic heterocycles. The highest BCUT2D eigenvalue weighted by molar-refractivity contribution is 5.98. The highest BCUT2D eigenvalue weighted by Gasteiger charge is 2.14. The Balaban J connectivity index is 1.53. The number of fused-ring (bicyclic) bond motifs is 1. The van der Waals surface area contributed by atoms with Gasteiger partial charge in [-0.1, -0.05) is 12.1 Å². The lowest BCUT2D eigenvalue weighted by Gasteiger charge is -2.16. The van der Waals surface area contributed by atoms with Gasteiger partial charge in [0, 0.05) is 36.2 Å². The third kappa shape index (κ3) is 4.73. The van der Waals surface area contributed by atoms with Crippen LogP contribution in [0.4, 0.5) is 0 Å². The molecular formula is C22H26N2O3. The maximum atomic E-state index is 12.4. The standard InChI is InChI=1S/C22H26N2O3/c1-14-11-15(2)24-22(27)19(14)13-23-21(26)10-9-20(25)18-8-7-16-5-3-4-6-17(16)12-18/h7-8,11-12H,3-6,9-10,13H2,1-2H3,(H,23,26)(H,24,27). The summed E-state index contributed by atoms with van der Waals surface area (Å²) in [5.41, 5.74) is 5.31. The zero-order valence-corrected chi connectivity index (χ0v) is 16.0. The maximum Gasteiger partial charge on any atom is 0.253 e. The summed E-state index contributed by atoms with van der Waals surface area (Å²) in [6, 6.07) is 7.79. The van der Waals surface area contributed by atoms with Crippen molar-refractivity contribution in [1.82, 2.24) is 10.3 Å². The molecule has 0 spiro atoms. The van der Waals surface area contributed by atoms with Crippen LogP contribution in [0.25, 0.3) is 0 Å². The van der Waals surface area contributed by atoms with Gasteiger partial charge >= 0.3 is 0 Å². The SMILES string of the molecule is Cc1cc(C)c(CNC(=O)CCC(=O)c2ccc3c(c2)CCCC3)c(=O)[nH]1. The van der Waals surface area contributed by atoms with Crippen molar-refractivity contribution < 1.29 is 9.59 Å². The molecule has 2 N–H and O–H groups in total. The Hall–Kier alpha value is -2.69. The zero-order valence-electron chi connectivity index (χ0n) is 16.0. The van der Waals surface area contributed by atoms with Gasteiger partial charge < -0.3 is 10.3 Å². The molecule has 1 amide bonds. The molecule has 3 rings (SSSR count). The van der Waals surface area contributed by atoms with E-state index in [-0.39, 0.29) is 36.6 Å². The second kappa shape index (κ2) is 8.33. The van der Waals surface area contributed by atoms with Gasteiger partial charge in [0.2, 0.25) is 5.91 Å². The summed E-state index contributed by atoms with van der Waals surface area (Å²) >= 11 is 0. The van der Waals surface area contributed by atoms with Gasteiger partial charge in [0.1, 0.15) is 0 Å². The monoisotopic (exact) mass is 366 g/mol. The van der Waals surface area contributed by atoms with E-state index in [1.807, 2.05) is 38.1 Å². The lowest BCUT2D eigenvalue weighted by molar-refractivity contribution is -0.121. The normalized spacial score (nSPS) is 13.1. The molecule has 0 bridgehead atoms. The summed E-state index contributed by atoms with van der Waals surface area (Å²) in [4.78, 5) is 39.2. The number of ketones is 1. The van der Waals surface area contributed by atoms with Crippen LogP contribution in [-0.4, -0.2) is 16.7 Å². The fraction of sp³-hybridized carbons (Fsp3) is 0.409. The number of amides is 1. The minimum Gasteiger partial charge on any atom is -0.352 e. The molecule has 1 aliphatic carbocycles. The lowest BCUT2D eigenvalue weighted by atomic mass is 9.89. The van der Waals surface area contributed by atoms with Gasteiger partial charge in [0.15, 0.2) is 5.78 Å². The average molecular weight is 366 g/mol. The molecule has 0 radical (unpaired) electrons. The Labute approximate surface area is 159 Å². The predicted octanol–water partition coefficient (Wildman–Crippen LogP) is 3.15. The van der Waals surface area contributed by atoms with E-state index in [9.17, 15) is 14.4 Å². The number of pyridine rings is 1. The minimum atomic E-state index is -0.222. The molecule has 1 heterocycles. The third-order valence-electron chi connectivity index (χ3n) is 5.21. The summed E-state index contributed by atoms with van der Waals surface area (Å²) in [5, 5.41) is 2.75. The van der Waals surface area contributed by atoms with E-state index in [1.165, 1.54) is 24.0 Å². The number of aromatic nitrogens is 1. The van der Waals surface area contributed by atoms with Crippen LogP contribution in [-0.2, 0) is 24.2 Å². The van der Waals surface area contributed by atoms with Crippen LogP contribution in [0.3, 0.4) is 0 Å². The average Bonchev–Trinajstić information content (AvgIpc) is 2.64. The van der Waals surface area contributed by atoms with Gasteiger partial charge in [-0.15, -0.1) is 0 Å². The van der Waals surface area contributed by atoms with Crippen LogP contribution < -0.4 is 10.9 Å². The van der Waals surface area contributed by atoms with Gasteiger partial charge in [-0.2, -0.15) is 0 Å². The summed E-state index contributed by atoms with van der Waals surface area (Å²) in [7, 11) is 0. The molecular weight excluding hydrogens is 340 g/mol. The van der Waals surface area contributed by atoms with Gasteiger partial charge in [0.05, 0.1) is 0 Å². The van der Waals surface area contributed by atoms with Crippen molar-refractivity contribution in [3.05, 3.63) is 68.1 Å². The first-order valence-corrected chi connectivity index (χ1v) is 9.55. The molecule has 0 unspecified atom stereocenters. The van der Waals surface area contributed by atoms with E-state index < -0.39 is 0 Å².